The third-order valence-corrected chi connectivity index (χ3v) is 3.15. The first-order valence-corrected chi connectivity index (χ1v) is 6.74. The first kappa shape index (κ1) is 15.5. The van der Waals surface area contributed by atoms with Crippen LogP contribution in [0.2, 0.25) is 0 Å². The maximum Gasteiger partial charge on any atom is 0.451 e. The second-order valence-electron chi connectivity index (χ2n) is 4.20. The van der Waals surface area contributed by atoms with Gasteiger partial charge in [-0.1, -0.05) is 0 Å². The summed E-state index contributed by atoms with van der Waals surface area (Å²) >= 11 is 0.962. The van der Waals surface area contributed by atoms with Gasteiger partial charge in [0.1, 0.15) is 10.8 Å². The molecule has 0 aromatic carbocycles. The van der Waals surface area contributed by atoms with E-state index in [1.165, 1.54) is 13.1 Å². The van der Waals surface area contributed by atoms with Gasteiger partial charge in [0.05, 0.1) is 0 Å². The molecule has 0 atom stereocenters. The molecular formula is C12H12F3N5S. The van der Waals surface area contributed by atoms with Gasteiger partial charge in [0.25, 0.3) is 0 Å². The monoisotopic (exact) mass is 315 g/mol. The molecule has 2 heterocycles. The molecule has 0 unspecified atom stereocenters. The largest absolute Gasteiger partial charge is 0.451 e. The number of anilines is 1. The number of hydrogen-bond acceptors (Lipinski definition) is 6. The lowest BCUT2D eigenvalue weighted by atomic mass is 10.4. The molecule has 2 rings (SSSR count). The fourth-order valence-corrected chi connectivity index (χ4v) is 2.43. The van der Waals surface area contributed by atoms with E-state index in [-0.39, 0.29) is 10.8 Å². The van der Waals surface area contributed by atoms with Crippen LogP contribution in [0.4, 0.5) is 19.0 Å². The van der Waals surface area contributed by atoms with Crippen molar-refractivity contribution in [3.8, 4) is 0 Å². The second kappa shape index (κ2) is 5.84. The summed E-state index contributed by atoms with van der Waals surface area (Å²) in [4.78, 5) is 15.2. The quantitative estimate of drug-likeness (QED) is 0.693. The summed E-state index contributed by atoms with van der Waals surface area (Å²) < 4.78 is 38.3. The average Bonchev–Trinajstić information content (AvgIpc) is 2.36. The van der Waals surface area contributed by atoms with Crippen molar-refractivity contribution in [1.29, 1.82) is 0 Å². The third-order valence-electron chi connectivity index (χ3n) is 2.37. The molecule has 0 radical (unpaired) electrons. The normalized spacial score (nSPS) is 11.5. The first-order chi connectivity index (χ1) is 9.77. The Kier molecular flexibility index (Phi) is 4.31. The predicted octanol–water partition coefficient (Wildman–Crippen LogP) is 3.10. The summed E-state index contributed by atoms with van der Waals surface area (Å²) in [7, 11) is 1.49. The Bertz CT molecular complexity index is 640. The van der Waals surface area contributed by atoms with Crippen LogP contribution in [0, 0.1) is 13.8 Å². The van der Waals surface area contributed by atoms with Crippen LogP contribution < -0.4 is 5.32 Å². The van der Waals surface area contributed by atoms with Gasteiger partial charge < -0.3 is 5.32 Å². The van der Waals surface area contributed by atoms with Crippen molar-refractivity contribution in [3.63, 3.8) is 0 Å². The fourth-order valence-electron chi connectivity index (χ4n) is 1.56. The van der Waals surface area contributed by atoms with E-state index in [4.69, 9.17) is 0 Å². The molecule has 0 amide bonds. The van der Waals surface area contributed by atoms with Crippen molar-refractivity contribution in [1.82, 2.24) is 19.9 Å². The molecule has 0 aliphatic rings. The van der Waals surface area contributed by atoms with Crippen molar-refractivity contribution in [2.45, 2.75) is 30.2 Å². The van der Waals surface area contributed by atoms with Crippen molar-refractivity contribution < 1.29 is 13.2 Å². The molecule has 0 fully saturated rings. The maximum atomic E-state index is 12.8. The molecule has 21 heavy (non-hydrogen) atoms. The van der Waals surface area contributed by atoms with Gasteiger partial charge in [-0.15, -0.1) is 0 Å². The van der Waals surface area contributed by atoms with Crippen LogP contribution in [-0.2, 0) is 6.18 Å². The van der Waals surface area contributed by atoms with E-state index in [2.05, 4.69) is 25.3 Å². The maximum absolute atomic E-state index is 12.8. The molecule has 2 aromatic rings. The number of nitrogens with one attached hydrogen (secondary N) is 1. The molecule has 1 N–H and O–H groups in total. The van der Waals surface area contributed by atoms with E-state index < -0.39 is 12.0 Å². The van der Waals surface area contributed by atoms with Gasteiger partial charge in [0, 0.05) is 24.5 Å². The first-order valence-electron chi connectivity index (χ1n) is 5.92. The Hall–Kier alpha value is -1.90. The van der Waals surface area contributed by atoms with Crippen molar-refractivity contribution in [3.05, 3.63) is 29.3 Å². The minimum Gasteiger partial charge on any atom is -0.373 e. The third kappa shape index (κ3) is 4.03. The van der Waals surface area contributed by atoms with E-state index >= 15 is 0 Å². The van der Waals surface area contributed by atoms with E-state index in [1.807, 2.05) is 0 Å². The molecule has 0 bridgehead atoms. The predicted molar refractivity (Wildman–Crippen MR) is 72.2 cm³/mol. The number of aromatic nitrogens is 4. The summed E-state index contributed by atoms with van der Waals surface area (Å²) in [5, 5.41) is 3.06. The summed E-state index contributed by atoms with van der Waals surface area (Å²) in [6, 6.07) is 3.20. The Morgan fingerprint density at radius 2 is 1.62 bits per heavy atom. The number of halogens is 3. The van der Waals surface area contributed by atoms with E-state index in [9.17, 15) is 13.2 Å². The van der Waals surface area contributed by atoms with Crippen LogP contribution >= 0.6 is 11.8 Å². The highest BCUT2D eigenvalue weighted by molar-refractivity contribution is 7.99. The van der Waals surface area contributed by atoms with Crippen molar-refractivity contribution in [2.24, 2.45) is 0 Å². The zero-order valence-corrected chi connectivity index (χ0v) is 12.3. The molecule has 0 aliphatic carbocycles. The van der Waals surface area contributed by atoms with Gasteiger partial charge in [-0.3, -0.25) is 0 Å². The molecule has 0 saturated carbocycles. The number of nitrogens with zero attached hydrogens (tertiary/aromatic N) is 4. The van der Waals surface area contributed by atoms with E-state index in [1.54, 1.807) is 19.9 Å². The average molecular weight is 315 g/mol. The number of aryl methyl sites for hydroxylation is 2. The molecule has 0 saturated heterocycles. The number of rotatable bonds is 3. The Labute approximate surface area is 123 Å². The van der Waals surface area contributed by atoms with Gasteiger partial charge in [-0.2, -0.15) is 13.2 Å². The lowest BCUT2D eigenvalue weighted by Gasteiger charge is -2.09. The second-order valence-corrected chi connectivity index (χ2v) is 5.19. The van der Waals surface area contributed by atoms with Gasteiger partial charge >= 0.3 is 6.18 Å². The van der Waals surface area contributed by atoms with E-state index in [0.29, 0.717) is 5.16 Å². The molecule has 5 nitrogen and oxygen atoms in total. The Morgan fingerprint density at radius 3 is 2.14 bits per heavy atom. The van der Waals surface area contributed by atoms with E-state index in [0.717, 1.165) is 23.1 Å². The van der Waals surface area contributed by atoms with Crippen molar-refractivity contribution >= 4 is 17.6 Å². The van der Waals surface area contributed by atoms with Crippen LogP contribution in [0.25, 0.3) is 0 Å². The molecule has 2 aromatic heterocycles. The molecule has 9 heteroatoms. The standard InChI is InChI=1S/C12H12F3N5S/c1-6-4-7(2)18-11(17-6)21-9-5-8(16-3)19-10(20-9)12(13,14)15/h4-5H,1-3H3,(H,16,19,20). The molecule has 112 valence electrons. The summed E-state index contributed by atoms with van der Waals surface area (Å²) in [6.45, 7) is 3.58. The van der Waals surface area contributed by atoms with Crippen LogP contribution in [0.5, 0.6) is 0 Å². The lowest BCUT2D eigenvalue weighted by molar-refractivity contribution is -0.145. The molecule has 0 aliphatic heterocycles. The van der Waals surface area contributed by atoms with Gasteiger partial charge in [0.2, 0.25) is 5.82 Å². The smallest absolute Gasteiger partial charge is 0.373 e. The Morgan fingerprint density at radius 1 is 1.00 bits per heavy atom. The minimum atomic E-state index is -4.61. The zero-order chi connectivity index (χ0) is 15.6. The SMILES string of the molecule is CNc1cc(Sc2nc(C)cc(C)n2)nc(C(F)(F)F)n1. The minimum absolute atomic E-state index is 0.0872. The summed E-state index contributed by atoms with van der Waals surface area (Å²) in [6.07, 6.45) is -4.61. The highest BCUT2D eigenvalue weighted by atomic mass is 32.2. The van der Waals surface area contributed by atoms with Crippen LogP contribution in [0.1, 0.15) is 17.2 Å². The highest BCUT2D eigenvalue weighted by Crippen LogP contribution is 2.31. The number of alkyl halides is 3. The lowest BCUT2D eigenvalue weighted by Crippen LogP contribution is -2.13. The summed E-state index contributed by atoms with van der Waals surface area (Å²) in [5.74, 6) is -1.11. The fraction of sp³-hybridized carbons (Fsp3) is 0.333. The van der Waals surface area contributed by atoms with Crippen LogP contribution in [0.3, 0.4) is 0 Å². The number of hydrogen-bond donors (Lipinski definition) is 1. The van der Waals surface area contributed by atoms with Crippen LogP contribution in [0.15, 0.2) is 22.3 Å². The van der Waals surface area contributed by atoms with Gasteiger partial charge in [-0.05, 0) is 31.7 Å². The topological polar surface area (TPSA) is 63.6 Å². The molecule has 0 spiro atoms. The Balaban J connectivity index is 2.39. The van der Waals surface area contributed by atoms with Gasteiger partial charge in [0.15, 0.2) is 5.16 Å². The van der Waals surface area contributed by atoms with Crippen molar-refractivity contribution in [2.75, 3.05) is 12.4 Å². The zero-order valence-electron chi connectivity index (χ0n) is 11.5. The van der Waals surface area contributed by atoms with Crippen LogP contribution in [-0.4, -0.2) is 27.0 Å². The van der Waals surface area contributed by atoms with Gasteiger partial charge in [-0.25, -0.2) is 19.9 Å². The highest BCUT2D eigenvalue weighted by Gasteiger charge is 2.35. The molecular weight excluding hydrogens is 303 g/mol. The summed E-state index contributed by atoms with van der Waals surface area (Å²) in [5.41, 5.74) is 1.48.